The topological polar surface area (TPSA) is 30.9 Å². The van der Waals surface area contributed by atoms with Gasteiger partial charge in [-0.25, -0.2) is 0 Å². The van der Waals surface area contributed by atoms with Crippen LogP contribution in [0.15, 0.2) is 60.8 Å². The highest BCUT2D eigenvalue weighted by atomic mass is 14.9. The molecule has 2 N–H and O–H groups in total. The summed E-state index contributed by atoms with van der Waals surface area (Å²) in [4.78, 5) is 0. The quantitative estimate of drug-likeness (QED) is 0.757. The molecule has 0 saturated heterocycles. The molecule has 0 amide bonds. The van der Waals surface area contributed by atoms with E-state index in [1.54, 1.807) is 0 Å². The highest BCUT2D eigenvalue weighted by Gasteiger charge is 2.05. The molecule has 0 saturated carbocycles. The van der Waals surface area contributed by atoms with Crippen molar-refractivity contribution < 1.29 is 0 Å². The molecular formula is C17H18N2. The second kappa shape index (κ2) is 5.29. The first-order valence-corrected chi connectivity index (χ1v) is 6.69. The second-order valence-electron chi connectivity index (χ2n) is 4.82. The Hall–Kier alpha value is -2.06. The molecule has 0 aliphatic heterocycles. The monoisotopic (exact) mass is 250 g/mol. The maximum atomic E-state index is 5.68. The molecule has 3 rings (SSSR count). The molecule has 0 fully saturated rings. The van der Waals surface area contributed by atoms with Gasteiger partial charge in [0.05, 0.1) is 0 Å². The molecule has 1 heterocycles. The fraction of sp³-hybridized carbons (Fsp3) is 0.176. The minimum Gasteiger partial charge on any atom is -0.343 e. The van der Waals surface area contributed by atoms with E-state index in [1.165, 1.54) is 22.0 Å². The second-order valence-corrected chi connectivity index (χ2v) is 4.82. The predicted molar refractivity (Wildman–Crippen MR) is 80.2 cm³/mol. The molecule has 3 aromatic rings. The van der Waals surface area contributed by atoms with Crippen LogP contribution in [0.4, 0.5) is 0 Å². The lowest BCUT2D eigenvalue weighted by Gasteiger charge is -2.07. The molecule has 0 unspecified atom stereocenters. The Bertz CT molecular complexity index is 668. The van der Waals surface area contributed by atoms with Gasteiger partial charge in [-0.3, -0.25) is 0 Å². The fourth-order valence-corrected chi connectivity index (χ4v) is 2.58. The summed E-state index contributed by atoms with van der Waals surface area (Å²) >= 11 is 0. The van der Waals surface area contributed by atoms with Gasteiger partial charge >= 0.3 is 0 Å². The van der Waals surface area contributed by atoms with Crippen LogP contribution in [-0.4, -0.2) is 11.1 Å². The van der Waals surface area contributed by atoms with Crippen molar-refractivity contribution in [3.8, 4) is 0 Å². The molecule has 0 spiro atoms. The number of nitrogens with zero attached hydrogens (tertiary/aromatic N) is 1. The van der Waals surface area contributed by atoms with Crippen LogP contribution in [0.3, 0.4) is 0 Å². The van der Waals surface area contributed by atoms with E-state index in [0.717, 1.165) is 13.0 Å². The zero-order valence-corrected chi connectivity index (χ0v) is 10.9. The summed E-state index contributed by atoms with van der Waals surface area (Å²) in [7, 11) is 0. The minimum atomic E-state index is 0.697. The summed E-state index contributed by atoms with van der Waals surface area (Å²) in [6.07, 6.45) is 3.10. The molecule has 2 nitrogen and oxygen atoms in total. The maximum Gasteiger partial charge on any atom is 0.0486 e. The van der Waals surface area contributed by atoms with Crippen molar-refractivity contribution in [2.75, 3.05) is 6.54 Å². The smallest absolute Gasteiger partial charge is 0.0486 e. The van der Waals surface area contributed by atoms with E-state index in [-0.39, 0.29) is 0 Å². The Kier molecular flexibility index (Phi) is 3.34. The van der Waals surface area contributed by atoms with Crippen molar-refractivity contribution in [2.45, 2.75) is 13.0 Å². The van der Waals surface area contributed by atoms with Gasteiger partial charge in [-0.1, -0.05) is 42.5 Å². The van der Waals surface area contributed by atoms with Crippen LogP contribution in [0, 0.1) is 0 Å². The Morgan fingerprint density at radius 3 is 2.53 bits per heavy atom. The van der Waals surface area contributed by atoms with Crippen LogP contribution in [0.1, 0.15) is 11.1 Å². The number of fused-ring (bicyclic) bond motifs is 1. The molecular weight excluding hydrogens is 232 g/mol. The largest absolute Gasteiger partial charge is 0.343 e. The maximum absolute atomic E-state index is 5.68. The molecule has 0 radical (unpaired) electrons. The van der Waals surface area contributed by atoms with Gasteiger partial charge in [0.1, 0.15) is 0 Å². The zero-order chi connectivity index (χ0) is 13.1. The van der Waals surface area contributed by atoms with Crippen LogP contribution in [0.2, 0.25) is 0 Å². The number of hydrogen-bond acceptors (Lipinski definition) is 1. The Morgan fingerprint density at radius 1 is 0.895 bits per heavy atom. The number of rotatable bonds is 4. The first-order chi connectivity index (χ1) is 9.38. The van der Waals surface area contributed by atoms with E-state index in [2.05, 4.69) is 65.4 Å². The van der Waals surface area contributed by atoms with Crippen LogP contribution in [-0.2, 0) is 13.0 Å². The lowest BCUT2D eigenvalue weighted by Crippen LogP contribution is -2.03. The number of aromatic nitrogens is 1. The van der Waals surface area contributed by atoms with Gasteiger partial charge in [0.25, 0.3) is 0 Å². The average Bonchev–Trinajstić information content (AvgIpc) is 2.85. The van der Waals surface area contributed by atoms with Gasteiger partial charge in [0, 0.05) is 23.6 Å². The van der Waals surface area contributed by atoms with E-state index in [1.807, 2.05) is 0 Å². The standard InChI is InChI=1S/C17H18N2/c18-11-9-15-7-4-8-17-16(15)10-12-19(17)13-14-5-2-1-3-6-14/h1-8,10,12H,9,11,13,18H2. The van der Waals surface area contributed by atoms with Crippen LogP contribution in [0.25, 0.3) is 10.9 Å². The molecule has 96 valence electrons. The van der Waals surface area contributed by atoms with E-state index in [4.69, 9.17) is 5.73 Å². The van der Waals surface area contributed by atoms with Gasteiger partial charge in [-0.15, -0.1) is 0 Å². The zero-order valence-electron chi connectivity index (χ0n) is 10.9. The first kappa shape index (κ1) is 12.0. The molecule has 0 bridgehead atoms. The highest BCUT2D eigenvalue weighted by Crippen LogP contribution is 2.21. The molecule has 0 aliphatic carbocycles. The van der Waals surface area contributed by atoms with Crippen molar-refractivity contribution in [2.24, 2.45) is 5.73 Å². The van der Waals surface area contributed by atoms with Crippen molar-refractivity contribution in [3.63, 3.8) is 0 Å². The Morgan fingerprint density at radius 2 is 1.74 bits per heavy atom. The van der Waals surface area contributed by atoms with E-state index in [9.17, 15) is 0 Å². The van der Waals surface area contributed by atoms with Crippen LogP contribution >= 0.6 is 0 Å². The van der Waals surface area contributed by atoms with Gasteiger partial charge in [0.2, 0.25) is 0 Å². The summed E-state index contributed by atoms with van der Waals surface area (Å²) in [5, 5.41) is 1.32. The third-order valence-corrected chi connectivity index (χ3v) is 3.51. The summed E-state index contributed by atoms with van der Waals surface area (Å²) in [5.41, 5.74) is 9.62. The lowest BCUT2D eigenvalue weighted by atomic mass is 10.1. The molecule has 1 aromatic heterocycles. The van der Waals surface area contributed by atoms with Gasteiger partial charge in [-0.2, -0.15) is 0 Å². The van der Waals surface area contributed by atoms with E-state index < -0.39 is 0 Å². The molecule has 0 atom stereocenters. The van der Waals surface area contributed by atoms with Crippen LogP contribution < -0.4 is 5.73 Å². The third-order valence-electron chi connectivity index (χ3n) is 3.51. The summed E-state index contributed by atoms with van der Waals surface area (Å²) in [5.74, 6) is 0. The number of nitrogens with two attached hydrogens (primary N) is 1. The van der Waals surface area contributed by atoms with Crippen molar-refractivity contribution in [1.29, 1.82) is 0 Å². The predicted octanol–water partition coefficient (Wildman–Crippen LogP) is 3.19. The highest BCUT2D eigenvalue weighted by molar-refractivity contribution is 5.83. The Labute approximate surface area is 113 Å². The Balaban J connectivity index is 1.99. The van der Waals surface area contributed by atoms with Crippen molar-refractivity contribution >= 4 is 10.9 Å². The van der Waals surface area contributed by atoms with E-state index in [0.29, 0.717) is 6.54 Å². The normalized spacial score (nSPS) is 11.0. The molecule has 0 aliphatic rings. The SMILES string of the molecule is NCCc1cccc2c1ccn2Cc1ccccc1. The van der Waals surface area contributed by atoms with Crippen molar-refractivity contribution in [3.05, 3.63) is 71.9 Å². The molecule has 19 heavy (non-hydrogen) atoms. The minimum absolute atomic E-state index is 0.697. The first-order valence-electron chi connectivity index (χ1n) is 6.69. The van der Waals surface area contributed by atoms with Crippen LogP contribution in [0.5, 0.6) is 0 Å². The molecule has 2 aromatic carbocycles. The summed E-state index contributed by atoms with van der Waals surface area (Å²) < 4.78 is 2.30. The summed E-state index contributed by atoms with van der Waals surface area (Å²) in [6, 6.07) is 19.2. The summed E-state index contributed by atoms with van der Waals surface area (Å²) in [6.45, 7) is 1.61. The fourth-order valence-electron chi connectivity index (χ4n) is 2.58. The van der Waals surface area contributed by atoms with E-state index >= 15 is 0 Å². The van der Waals surface area contributed by atoms with Crippen molar-refractivity contribution in [1.82, 2.24) is 4.57 Å². The van der Waals surface area contributed by atoms with Gasteiger partial charge < -0.3 is 10.3 Å². The third kappa shape index (κ3) is 2.40. The van der Waals surface area contributed by atoms with Gasteiger partial charge in [0.15, 0.2) is 0 Å². The van der Waals surface area contributed by atoms with Gasteiger partial charge in [-0.05, 0) is 36.2 Å². The number of benzene rings is 2. The number of hydrogen-bond donors (Lipinski definition) is 1. The molecule has 2 heteroatoms. The lowest BCUT2D eigenvalue weighted by molar-refractivity contribution is 0.836. The average molecular weight is 250 g/mol.